The number of ether oxygens (including phenoxy) is 2. The lowest BCUT2D eigenvalue weighted by atomic mass is 9.94. The number of unbranched alkanes of at least 4 members (excludes halogenated alkanes) is 5. The fourth-order valence-corrected chi connectivity index (χ4v) is 1.65. The smallest absolute Gasteiger partial charge is 0.322 e. The molecule has 0 heterocycles. The Hall–Kier alpha value is -1.06. The van der Waals surface area contributed by atoms with E-state index in [4.69, 9.17) is 9.47 Å². The molecule has 0 spiro atoms. The van der Waals surface area contributed by atoms with Gasteiger partial charge in [-0.3, -0.25) is 9.59 Å². The first-order valence-corrected chi connectivity index (χ1v) is 7.81. The van der Waals surface area contributed by atoms with E-state index in [-0.39, 0.29) is 0 Å². The molecule has 118 valence electrons. The van der Waals surface area contributed by atoms with Gasteiger partial charge in [0.1, 0.15) is 0 Å². The van der Waals surface area contributed by atoms with Crippen molar-refractivity contribution in [3.63, 3.8) is 0 Å². The molecule has 0 bridgehead atoms. The van der Waals surface area contributed by atoms with Gasteiger partial charge in [-0.25, -0.2) is 0 Å². The summed E-state index contributed by atoms with van der Waals surface area (Å²) in [6, 6.07) is 0. The molecule has 0 unspecified atom stereocenters. The highest BCUT2D eigenvalue weighted by molar-refractivity contribution is 5.99. The van der Waals surface area contributed by atoms with E-state index in [1.54, 1.807) is 13.8 Å². The quantitative estimate of drug-likeness (QED) is 0.329. The van der Waals surface area contributed by atoms with Crippen molar-refractivity contribution in [3.05, 3.63) is 0 Å². The zero-order valence-corrected chi connectivity index (χ0v) is 13.5. The zero-order valence-electron chi connectivity index (χ0n) is 13.5. The molecule has 0 aromatic carbocycles. The fourth-order valence-electron chi connectivity index (χ4n) is 1.65. The molecule has 0 aliphatic heterocycles. The molecule has 0 aromatic rings. The number of carbonyl (C=O) groups is 2. The lowest BCUT2D eigenvalue weighted by Gasteiger charge is -2.20. The summed E-state index contributed by atoms with van der Waals surface area (Å²) < 4.78 is 10.3. The Bertz CT molecular complexity index is 284. The van der Waals surface area contributed by atoms with Gasteiger partial charge in [0.05, 0.1) is 13.2 Å². The van der Waals surface area contributed by atoms with E-state index in [0.29, 0.717) is 13.2 Å². The monoisotopic (exact) mass is 286 g/mol. The van der Waals surface area contributed by atoms with Crippen molar-refractivity contribution in [1.82, 2.24) is 0 Å². The number of esters is 2. The van der Waals surface area contributed by atoms with Crippen LogP contribution in [0.3, 0.4) is 0 Å². The minimum atomic E-state index is -1.21. The van der Waals surface area contributed by atoms with Crippen LogP contribution < -0.4 is 0 Å². The maximum atomic E-state index is 11.9. The van der Waals surface area contributed by atoms with Crippen LogP contribution >= 0.6 is 0 Å². The second kappa shape index (κ2) is 10.7. The third-order valence-corrected chi connectivity index (χ3v) is 3.23. The Kier molecular flexibility index (Phi) is 10.1. The van der Waals surface area contributed by atoms with Crippen molar-refractivity contribution in [2.75, 3.05) is 13.2 Å². The molecule has 0 saturated carbocycles. The minimum Gasteiger partial charge on any atom is -0.465 e. The van der Waals surface area contributed by atoms with Gasteiger partial charge in [0.25, 0.3) is 0 Å². The number of hydrogen-bond donors (Lipinski definition) is 0. The van der Waals surface area contributed by atoms with Crippen LogP contribution in [0.5, 0.6) is 0 Å². The topological polar surface area (TPSA) is 52.6 Å². The van der Waals surface area contributed by atoms with Crippen LogP contribution in [0, 0.1) is 5.41 Å². The normalized spacial score (nSPS) is 11.2. The summed E-state index contributed by atoms with van der Waals surface area (Å²) in [4.78, 5) is 23.8. The SMILES string of the molecule is CCCCCCOC(=O)C(C)(C)C(=O)OCCCCC. The third-order valence-electron chi connectivity index (χ3n) is 3.23. The minimum absolute atomic E-state index is 0.375. The van der Waals surface area contributed by atoms with Crippen LogP contribution in [0.1, 0.15) is 72.6 Å². The van der Waals surface area contributed by atoms with E-state index in [0.717, 1.165) is 44.9 Å². The summed E-state index contributed by atoms with van der Waals surface area (Å²) in [5.74, 6) is -0.985. The van der Waals surface area contributed by atoms with Gasteiger partial charge in [-0.15, -0.1) is 0 Å². The summed E-state index contributed by atoms with van der Waals surface area (Å²) in [6.45, 7) is 8.09. The van der Waals surface area contributed by atoms with Crippen molar-refractivity contribution in [1.29, 1.82) is 0 Å². The summed E-state index contributed by atoms with van der Waals surface area (Å²) in [5.41, 5.74) is -1.21. The maximum Gasteiger partial charge on any atom is 0.322 e. The van der Waals surface area contributed by atoms with Crippen LogP contribution in [0.4, 0.5) is 0 Å². The van der Waals surface area contributed by atoms with E-state index in [1.807, 2.05) is 0 Å². The number of carbonyl (C=O) groups excluding carboxylic acids is 2. The van der Waals surface area contributed by atoms with Gasteiger partial charge in [0, 0.05) is 0 Å². The lowest BCUT2D eigenvalue weighted by Crippen LogP contribution is -2.37. The molecule has 0 radical (unpaired) electrons. The molecule has 0 amide bonds. The third kappa shape index (κ3) is 7.51. The van der Waals surface area contributed by atoms with Crippen molar-refractivity contribution >= 4 is 11.9 Å². The molecule has 0 saturated heterocycles. The maximum absolute atomic E-state index is 11.9. The Morgan fingerprint density at radius 3 is 1.60 bits per heavy atom. The first-order valence-electron chi connectivity index (χ1n) is 7.81. The van der Waals surface area contributed by atoms with Gasteiger partial charge in [-0.1, -0.05) is 46.0 Å². The molecule has 0 aromatic heterocycles. The highest BCUT2D eigenvalue weighted by Gasteiger charge is 2.39. The standard InChI is InChI=1S/C16H30O4/c1-5-7-9-11-13-20-15(18)16(3,4)14(17)19-12-10-8-6-2/h5-13H2,1-4H3. The second-order valence-electron chi connectivity index (χ2n) is 5.66. The summed E-state index contributed by atoms with van der Waals surface area (Å²) >= 11 is 0. The van der Waals surface area contributed by atoms with Crippen molar-refractivity contribution in [3.8, 4) is 0 Å². The predicted molar refractivity (Wildman–Crippen MR) is 79.4 cm³/mol. The molecule has 0 aliphatic rings. The summed E-state index contributed by atoms with van der Waals surface area (Å²) in [6.07, 6.45) is 7.11. The van der Waals surface area contributed by atoms with E-state index < -0.39 is 17.4 Å². The molecule has 4 nitrogen and oxygen atoms in total. The Labute approximate surface area is 123 Å². The zero-order chi connectivity index (χ0) is 15.4. The molecular weight excluding hydrogens is 256 g/mol. The van der Waals surface area contributed by atoms with Crippen LogP contribution in [0.2, 0.25) is 0 Å². The molecule has 20 heavy (non-hydrogen) atoms. The van der Waals surface area contributed by atoms with E-state index in [1.165, 1.54) is 0 Å². The highest BCUT2D eigenvalue weighted by Crippen LogP contribution is 2.20. The molecule has 0 rings (SSSR count). The van der Waals surface area contributed by atoms with Gasteiger partial charge in [0.2, 0.25) is 0 Å². The number of rotatable bonds is 11. The van der Waals surface area contributed by atoms with Crippen LogP contribution in [-0.4, -0.2) is 25.2 Å². The van der Waals surface area contributed by atoms with Crippen molar-refractivity contribution in [2.45, 2.75) is 72.6 Å². The molecule has 0 aliphatic carbocycles. The Morgan fingerprint density at radius 1 is 0.750 bits per heavy atom. The van der Waals surface area contributed by atoms with Crippen LogP contribution in [0.15, 0.2) is 0 Å². The fraction of sp³-hybridized carbons (Fsp3) is 0.875. The van der Waals surface area contributed by atoms with E-state index in [9.17, 15) is 9.59 Å². The van der Waals surface area contributed by atoms with Crippen LogP contribution in [0.25, 0.3) is 0 Å². The average molecular weight is 286 g/mol. The summed E-state index contributed by atoms with van der Waals surface area (Å²) in [7, 11) is 0. The predicted octanol–water partition coefficient (Wildman–Crippen LogP) is 3.87. The summed E-state index contributed by atoms with van der Waals surface area (Å²) in [5, 5.41) is 0. The number of hydrogen-bond acceptors (Lipinski definition) is 4. The van der Waals surface area contributed by atoms with E-state index in [2.05, 4.69) is 13.8 Å². The van der Waals surface area contributed by atoms with Crippen molar-refractivity contribution in [2.24, 2.45) is 5.41 Å². The molecule has 0 fully saturated rings. The molecule has 0 N–H and O–H groups in total. The molecule has 4 heteroatoms. The van der Waals surface area contributed by atoms with Gasteiger partial charge in [-0.2, -0.15) is 0 Å². The molecular formula is C16H30O4. The lowest BCUT2D eigenvalue weighted by molar-refractivity contribution is -0.169. The largest absolute Gasteiger partial charge is 0.465 e. The first kappa shape index (κ1) is 18.9. The van der Waals surface area contributed by atoms with Gasteiger partial charge in [-0.05, 0) is 26.7 Å². The van der Waals surface area contributed by atoms with Gasteiger partial charge >= 0.3 is 11.9 Å². The van der Waals surface area contributed by atoms with Crippen LogP contribution in [-0.2, 0) is 19.1 Å². The average Bonchev–Trinajstić information content (AvgIpc) is 2.42. The Morgan fingerprint density at radius 2 is 1.15 bits per heavy atom. The van der Waals surface area contributed by atoms with Gasteiger partial charge in [0.15, 0.2) is 5.41 Å². The van der Waals surface area contributed by atoms with E-state index >= 15 is 0 Å². The van der Waals surface area contributed by atoms with Crippen molar-refractivity contribution < 1.29 is 19.1 Å². The second-order valence-corrected chi connectivity index (χ2v) is 5.66. The molecule has 0 atom stereocenters. The Balaban J connectivity index is 3.99. The van der Waals surface area contributed by atoms with Gasteiger partial charge < -0.3 is 9.47 Å². The highest BCUT2D eigenvalue weighted by atomic mass is 16.6. The first-order chi connectivity index (χ1) is 9.46.